The predicted octanol–water partition coefficient (Wildman–Crippen LogP) is 3.42. The molecule has 2 N–H and O–H groups in total. The molecule has 7 nitrogen and oxygen atoms in total. The summed E-state index contributed by atoms with van der Waals surface area (Å²) in [5.41, 5.74) is 7.51. The third-order valence-electron chi connectivity index (χ3n) is 4.38. The summed E-state index contributed by atoms with van der Waals surface area (Å²) in [6, 6.07) is 16.7. The van der Waals surface area contributed by atoms with E-state index in [0.717, 1.165) is 0 Å². The number of nitrogens with two attached hydrogens (primary N) is 1. The van der Waals surface area contributed by atoms with Gasteiger partial charge in [0.2, 0.25) is 5.43 Å². The Hall–Kier alpha value is -4.46. The third-order valence-corrected chi connectivity index (χ3v) is 4.38. The number of para-hydroxylation sites is 1. The highest BCUT2D eigenvalue weighted by molar-refractivity contribution is 6.08. The van der Waals surface area contributed by atoms with Gasteiger partial charge in [0, 0.05) is 24.0 Å². The van der Waals surface area contributed by atoms with Gasteiger partial charge in [0.05, 0.1) is 17.1 Å². The first-order valence-corrected chi connectivity index (χ1v) is 9.34. The highest BCUT2D eigenvalue weighted by atomic mass is 19.1. The Morgan fingerprint density at radius 2 is 1.94 bits per heavy atom. The van der Waals surface area contributed by atoms with E-state index in [9.17, 15) is 9.18 Å². The number of hydrogen-bond acceptors (Lipinski definition) is 6. The molecule has 0 aliphatic rings. The first-order valence-electron chi connectivity index (χ1n) is 9.34. The van der Waals surface area contributed by atoms with E-state index in [1.165, 1.54) is 41.6 Å². The van der Waals surface area contributed by atoms with E-state index >= 15 is 0 Å². The lowest BCUT2D eigenvalue weighted by atomic mass is 10.1. The van der Waals surface area contributed by atoms with Crippen molar-refractivity contribution in [2.75, 3.05) is 0 Å². The van der Waals surface area contributed by atoms with Crippen LogP contribution in [-0.2, 0) is 0 Å². The van der Waals surface area contributed by atoms with Crippen molar-refractivity contribution in [2.24, 2.45) is 10.7 Å². The molecule has 0 unspecified atom stereocenters. The molecule has 8 heteroatoms. The minimum absolute atomic E-state index is 0.0485. The zero-order chi connectivity index (χ0) is 21.6. The zero-order valence-electron chi connectivity index (χ0n) is 16.3. The molecule has 0 bridgehead atoms. The van der Waals surface area contributed by atoms with Crippen LogP contribution in [0.2, 0.25) is 0 Å². The molecule has 0 radical (unpaired) electrons. The lowest BCUT2D eigenvalue weighted by Gasteiger charge is -2.10. The van der Waals surface area contributed by atoms with Gasteiger partial charge in [-0.2, -0.15) is 5.10 Å². The van der Waals surface area contributed by atoms with E-state index in [1.54, 1.807) is 36.5 Å². The standard InChI is InChI=1S/C23H17FN6O/c24-18-14-16(19-9-12-26-15-27-19)6-7-21(18)30-13-10-22(31)23(29-30)20(8-11-25)28-17-4-2-1-3-5-17/h1-15H,25H2. The summed E-state index contributed by atoms with van der Waals surface area (Å²) in [6.45, 7) is 0. The average molecular weight is 412 g/mol. The summed E-state index contributed by atoms with van der Waals surface area (Å²) in [4.78, 5) is 24.9. The first kappa shape index (κ1) is 19.8. The summed E-state index contributed by atoms with van der Waals surface area (Å²) >= 11 is 0. The van der Waals surface area contributed by atoms with Crippen LogP contribution in [0, 0.1) is 5.82 Å². The highest BCUT2D eigenvalue weighted by Gasteiger charge is 2.13. The molecular weight excluding hydrogens is 395 g/mol. The van der Waals surface area contributed by atoms with Gasteiger partial charge < -0.3 is 5.73 Å². The minimum atomic E-state index is -0.519. The van der Waals surface area contributed by atoms with Crippen LogP contribution in [0.15, 0.2) is 101 Å². The monoisotopic (exact) mass is 412 g/mol. The summed E-state index contributed by atoms with van der Waals surface area (Å²) in [5, 5.41) is 4.32. The second-order valence-electron chi connectivity index (χ2n) is 6.43. The molecule has 2 aromatic heterocycles. The maximum Gasteiger partial charge on any atom is 0.209 e. The van der Waals surface area contributed by atoms with E-state index in [0.29, 0.717) is 16.9 Å². The fourth-order valence-electron chi connectivity index (χ4n) is 2.93. The van der Waals surface area contributed by atoms with Crippen LogP contribution in [0.4, 0.5) is 10.1 Å². The molecule has 0 saturated carbocycles. The zero-order valence-corrected chi connectivity index (χ0v) is 16.3. The number of hydrogen-bond donors (Lipinski definition) is 1. The van der Waals surface area contributed by atoms with Gasteiger partial charge in [0.1, 0.15) is 17.8 Å². The Balaban J connectivity index is 1.77. The third kappa shape index (κ3) is 4.43. The molecule has 0 aliphatic carbocycles. The van der Waals surface area contributed by atoms with Crippen LogP contribution >= 0.6 is 0 Å². The van der Waals surface area contributed by atoms with Crippen molar-refractivity contribution in [3.05, 3.63) is 113 Å². The minimum Gasteiger partial charge on any atom is -0.405 e. The van der Waals surface area contributed by atoms with Gasteiger partial charge in [-0.3, -0.25) is 4.79 Å². The molecule has 0 amide bonds. The average Bonchev–Trinajstić information content (AvgIpc) is 2.80. The molecule has 0 spiro atoms. The van der Waals surface area contributed by atoms with Crippen LogP contribution in [0.1, 0.15) is 5.69 Å². The van der Waals surface area contributed by atoms with E-state index < -0.39 is 5.82 Å². The molecule has 2 heterocycles. The lowest BCUT2D eigenvalue weighted by Crippen LogP contribution is -2.20. The van der Waals surface area contributed by atoms with Crippen molar-refractivity contribution < 1.29 is 4.39 Å². The van der Waals surface area contributed by atoms with Crippen molar-refractivity contribution in [2.45, 2.75) is 0 Å². The lowest BCUT2D eigenvalue weighted by molar-refractivity contribution is 0.608. The highest BCUT2D eigenvalue weighted by Crippen LogP contribution is 2.21. The number of aliphatic imine (C=N–C) groups is 1. The van der Waals surface area contributed by atoms with E-state index in [2.05, 4.69) is 20.1 Å². The van der Waals surface area contributed by atoms with Crippen LogP contribution in [0.3, 0.4) is 0 Å². The van der Waals surface area contributed by atoms with Crippen molar-refractivity contribution >= 4 is 11.4 Å². The molecule has 2 aromatic carbocycles. The Kier molecular flexibility index (Phi) is 5.70. The number of nitrogens with zero attached hydrogens (tertiary/aromatic N) is 5. The molecule has 4 aromatic rings. The van der Waals surface area contributed by atoms with Crippen molar-refractivity contribution in [1.82, 2.24) is 19.7 Å². The quantitative estimate of drug-likeness (QED) is 0.507. The molecule has 31 heavy (non-hydrogen) atoms. The summed E-state index contributed by atoms with van der Waals surface area (Å²) in [6.07, 6.45) is 7.14. The summed E-state index contributed by atoms with van der Waals surface area (Å²) < 4.78 is 16.2. The molecule has 152 valence electrons. The maximum atomic E-state index is 14.9. The van der Waals surface area contributed by atoms with Crippen LogP contribution < -0.4 is 11.2 Å². The van der Waals surface area contributed by atoms with Crippen molar-refractivity contribution in [3.8, 4) is 16.9 Å². The number of allylic oxidation sites excluding steroid dienone is 1. The molecule has 0 aliphatic heterocycles. The van der Waals surface area contributed by atoms with Gasteiger partial charge in [0.25, 0.3) is 0 Å². The van der Waals surface area contributed by atoms with Gasteiger partial charge in [-0.1, -0.05) is 24.3 Å². The summed E-state index contributed by atoms with van der Waals surface area (Å²) in [7, 11) is 0. The topological polar surface area (TPSA) is 99.1 Å². The van der Waals surface area contributed by atoms with Crippen molar-refractivity contribution in [3.63, 3.8) is 0 Å². The maximum absolute atomic E-state index is 14.9. The molecule has 0 atom stereocenters. The van der Waals surface area contributed by atoms with Crippen molar-refractivity contribution in [1.29, 1.82) is 0 Å². The largest absolute Gasteiger partial charge is 0.405 e. The number of rotatable bonds is 5. The molecule has 0 saturated heterocycles. The SMILES string of the molecule is NC=CC(=Nc1ccccc1)c1nn(-c2ccc(-c3ccncn3)cc2F)ccc1=O. The van der Waals surface area contributed by atoms with Crippen LogP contribution in [-0.4, -0.2) is 25.5 Å². The van der Waals surface area contributed by atoms with Gasteiger partial charge in [0.15, 0.2) is 5.69 Å². The van der Waals surface area contributed by atoms with Gasteiger partial charge in [-0.25, -0.2) is 24.0 Å². The Bertz CT molecular complexity index is 1320. The Morgan fingerprint density at radius 3 is 2.65 bits per heavy atom. The van der Waals surface area contributed by atoms with E-state index in [1.807, 2.05) is 18.2 Å². The fourth-order valence-corrected chi connectivity index (χ4v) is 2.93. The van der Waals surface area contributed by atoms with Crippen LogP contribution in [0.5, 0.6) is 0 Å². The number of benzene rings is 2. The Labute approximate surface area is 177 Å². The normalized spacial score (nSPS) is 11.7. The van der Waals surface area contributed by atoms with Gasteiger partial charge in [-0.15, -0.1) is 0 Å². The second kappa shape index (κ2) is 8.91. The molecule has 4 rings (SSSR count). The van der Waals surface area contributed by atoms with Crippen LogP contribution in [0.25, 0.3) is 16.9 Å². The Morgan fingerprint density at radius 1 is 1.10 bits per heavy atom. The molecule has 0 fully saturated rings. The second-order valence-corrected chi connectivity index (χ2v) is 6.43. The molecular formula is C23H17FN6O. The smallest absolute Gasteiger partial charge is 0.209 e. The van der Waals surface area contributed by atoms with Gasteiger partial charge >= 0.3 is 0 Å². The number of halogens is 1. The van der Waals surface area contributed by atoms with Gasteiger partial charge in [-0.05, 0) is 42.6 Å². The first-order chi connectivity index (χ1) is 15.2. The fraction of sp³-hybridized carbons (Fsp3) is 0. The number of aromatic nitrogens is 4. The predicted molar refractivity (Wildman–Crippen MR) is 117 cm³/mol. The summed E-state index contributed by atoms with van der Waals surface area (Å²) in [5.74, 6) is -0.519. The van der Waals surface area contributed by atoms with E-state index in [4.69, 9.17) is 5.73 Å². The van der Waals surface area contributed by atoms with E-state index in [-0.39, 0.29) is 22.5 Å².